The van der Waals surface area contributed by atoms with Gasteiger partial charge in [-0.3, -0.25) is 10.2 Å². The third-order valence-corrected chi connectivity index (χ3v) is 2.71. The van der Waals surface area contributed by atoms with Crippen molar-refractivity contribution in [1.82, 2.24) is 0 Å². The third-order valence-electron chi connectivity index (χ3n) is 2.71. The molecule has 20 heavy (non-hydrogen) atoms. The summed E-state index contributed by atoms with van der Waals surface area (Å²) in [5.41, 5.74) is 4.84. The summed E-state index contributed by atoms with van der Waals surface area (Å²) < 4.78 is 0. The van der Waals surface area contributed by atoms with Crippen molar-refractivity contribution in [1.29, 1.82) is 5.26 Å². The Bertz CT molecular complexity index is 667. The summed E-state index contributed by atoms with van der Waals surface area (Å²) in [7, 11) is 0. The van der Waals surface area contributed by atoms with E-state index in [1.54, 1.807) is 24.3 Å². The van der Waals surface area contributed by atoms with Gasteiger partial charge in [0.05, 0.1) is 5.69 Å². The molecule has 0 amide bonds. The summed E-state index contributed by atoms with van der Waals surface area (Å²) in [6.07, 6.45) is 0. The second kappa shape index (κ2) is 6.30. The molecule has 4 nitrogen and oxygen atoms in total. The zero-order valence-electron chi connectivity index (χ0n) is 11.0. The predicted octanol–water partition coefficient (Wildman–Crippen LogP) is 3.17. The Labute approximate surface area is 117 Å². The first-order valence-corrected chi connectivity index (χ1v) is 6.11. The fraction of sp³-hybridized carbons (Fsp3) is 0.0625. The molecule has 0 atom stereocenters. The molecule has 0 bridgehead atoms. The normalized spacial score (nSPS) is 10.7. The SMILES string of the molecule is Cc1ccc(N/N=C(\C#N)C(=O)c2ccccc2)cc1. The monoisotopic (exact) mass is 263 g/mol. The van der Waals surface area contributed by atoms with Gasteiger partial charge in [-0.25, -0.2) is 0 Å². The van der Waals surface area contributed by atoms with Crippen LogP contribution in [0.3, 0.4) is 0 Å². The van der Waals surface area contributed by atoms with E-state index in [-0.39, 0.29) is 5.71 Å². The third kappa shape index (κ3) is 3.30. The zero-order valence-corrected chi connectivity index (χ0v) is 11.0. The van der Waals surface area contributed by atoms with Crippen molar-refractivity contribution < 1.29 is 4.79 Å². The molecule has 0 fully saturated rings. The van der Waals surface area contributed by atoms with Crippen LogP contribution in [0.2, 0.25) is 0 Å². The number of carbonyl (C=O) groups is 1. The second-order valence-electron chi connectivity index (χ2n) is 4.25. The number of nitriles is 1. The molecule has 2 aromatic rings. The highest BCUT2D eigenvalue weighted by molar-refractivity contribution is 6.51. The van der Waals surface area contributed by atoms with Crippen LogP contribution >= 0.6 is 0 Å². The van der Waals surface area contributed by atoms with Gasteiger partial charge in [-0.05, 0) is 19.1 Å². The molecule has 0 saturated heterocycles. The number of benzene rings is 2. The Hall–Kier alpha value is -2.93. The highest BCUT2D eigenvalue weighted by atomic mass is 16.1. The summed E-state index contributed by atoms with van der Waals surface area (Å²) in [5.74, 6) is -0.396. The van der Waals surface area contributed by atoms with Crippen molar-refractivity contribution in [3.8, 4) is 6.07 Å². The van der Waals surface area contributed by atoms with Crippen LogP contribution in [0.1, 0.15) is 15.9 Å². The van der Waals surface area contributed by atoms with Crippen LogP contribution in [0.15, 0.2) is 59.7 Å². The van der Waals surface area contributed by atoms with Crippen molar-refractivity contribution in [3.63, 3.8) is 0 Å². The van der Waals surface area contributed by atoms with E-state index in [0.29, 0.717) is 5.56 Å². The van der Waals surface area contributed by atoms with Crippen LogP contribution < -0.4 is 5.43 Å². The number of Topliss-reactive ketones (excluding diaryl/α,β-unsaturated/α-hetero) is 1. The summed E-state index contributed by atoms with van der Waals surface area (Å²) in [4.78, 5) is 12.1. The van der Waals surface area contributed by atoms with Crippen LogP contribution in [0.4, 0.5) is 5.69 Å². The van der Waals surface area contributed by atoms with Crippen LogP contribution in [-0.4, -0.2) is 11.5 Å². The number of aryl methyl sites for hydroxylation is 1. The summed E-state index contributed by atoms with van der Waals surface area (Å²) in [6.45, 7) is 1.98. The Morgan fingerprint density at radius 1 is 1.10 bits per heavy atom. The number of hydrogen-bond donors (Lipinski definition) is 1. The maximum atomic E-state index is 12.1. The van der Waals surface area contributed by atoms with Crippen LogP contribution in [0, 0.1) is 18.3 Å². The van der Waals surface area contributed by atoms with Crippen molar-refractivity contribution in [2.75, 3.05) is 5.43 Å². The van der Waals surface area contributed by atoms with Gasteiger partial charge in [0.1, 0.15) is 6.07 Å². The summed E-state index contributed by atoms with van der Waals surface area (Å²) >= 11 is 0. The minimum Gasteiger partial charge on any atom is -0.286 e. The first-order valence-electron chi connectivity index (χ1n) is 6.11. The molecule has 1 N–H and O–H groups in total. The Morgan fingerprint density at radius 2 is 1.75 bits per heavy atom. The topological polar surface area (TPSA) is 65.2 Å². The Balaban J connectivity index is 2.16. The molecule has 0 aromatic heterocycles. The van der Waals surface area contributed by atoms with E-state index in [1.165, 1.54) is 0 Å². The van der Waals surface area contributed by atoms with E-state index in [2.05, 4.69) is 10.5 Å². The average Bonchev–Trinajstić information content (AvgIpc) is 2.50. The number of carbonyl (C=O) groups excluding carboxylic acids is 1. The van der Waals surface area contributed by atoms with Crippen molar-refractivity contribution in [2.45, 2.75) is 6.92 Å². The minimum absolute atomic E-state index is 0.170. The van der Waals surface area contributed by atoms with Gasteiger partial charge in [0.2, 0.25) is 11.5 Å². The van der Waals surface area contributed by atoms with Crippen molar-refractivity contribution >= 4 is 17.2 Å². The molecule has 2 aromatic carbocycles. The Kier molecular flexibility index (Phi) is 4.25. The molecule has 0 radical (unpaired) electrons. The second-order valence-corrected chi connectivity index (χ2v) is 4.25. The maximum Gasteiger partial charge on any atom is 0.223 e. The van der Waals surface area contributed by atoms with Gasteiger partial charge in [0, 0.05) is 5.56 Å². The Morgan fingerprint density at radius 3 is 2.35 bits per heavy atom. The molecule has 0 spiro atoms. The van der Waals surface area contributed by atoms with Gasteiger partial charge in [-0.15, -0.1) is 0 Å². The number of hydrogen-bond acceptors (Lipinski definition) is 4. The highest BCUT2D eigenvalue weighted by Crippen LogP contribution is 2.09. The lowest BCUT2D eigenvalue weighted by Crippen LogP contribution is -2.14. The number of anilines is 1. The van der Waals surface area contributed by atoms with Crippen LogP contribution in [0.25, 0.3) is 0 Å². The van der Waals surface area contributed by atoms with Gasteiger partial charge in [-0.2, -0.15) is 10.4 Å². The standard InChI is InChI=1S/C16H13N3O/c1-12-7-9-14(10-8-12)18-19-15(11-17)16(20)13-5-3-2-4-6-13/h2-10,18H,1H3/b19-15+. The van der Waals surface area contributed by atoms with E-state index < -0.39 is 5.78 Å². The molecule has 0 aliphatic carbocycles. The highest BCUT2D eigenvalue weighted by Gasteiger charge is 2.13. The molecule has 0 unspecified atom stereocenters. The number of rotatable bonds is 4. The average molecular weight is 263 g/mol. The molecule has 0 saturated carbocycles. The van der Waals surface area contributed by atoms with E-state index in [4.69, 9.17) is 5.26 Å². The minimum atomic E-state index is -0.396. The fourth-order valence-corrected chi connectivity index (χ4v) is 1.60. The van der Waals surface area contributed by atoms with Crippen molar-refractivity contribution in [2.24, 2.45) is 5.10 Å². The van der Waals surface area contributed by atoms with Gasteiger partial charge in [-0.1, -0.05) is 48.0 Å². The summed E-state index contributed by atoms with van der Waals surface area (Å²) in [5, 5.41) is 12.9. The first-order chi connectivity index (χ1) is 9.70. The summed E-state index contributed by atoms with van der Waals surface area (Å²) in [6, 6.07) is 17.9. The zero-order chi connectivity index (χ0) is 14.4. The molecule has 0 aliphatic heterocycles. The van der Waals surface area contributed by atoms with E-state index in [1.807, 2.05) is 43.3 Å². The van der Waals surface area contributed by atoms with Crippen molar-refractivity contribution in [3.05, 3.63) is 65.7 Å². The van der Waals surface area contributed by atoms with E-state index >= 15 is 0 Å². The molecule has 0 heterocycles. The largest absolute Gasteiger partial charge is 0.286 e. The van der Waals surface area contributed by atoms with Gasteiger partial charge in [0.15, 0.2) is 0 Å². The molecular formula is C16H13N3O. The molecule has 4 heteroatoms. The number of nitrogens with one attached hydrogen (secondary N) is 1. The molecule has 98 valence electrons. The van der Waals surface area contributed by atoms with E-state index in [9.17, 15) is 4.79 Å². The van der Waals surface area contributed by atoms with E-state index in [0.717, 1.165) is 11.3 Å². The predicted molar refractivity (Wildman–Crippen MR) is 78.6 cm³/mol. The quantitative estimate of drug-likeness (QED) is 0.523. The first kappa shape index (κ1) is 13.5. The number of nitrogens with zero attached hydrogens (tertiary/aromatic N) is 2. The lowest BCUT2D eigenvalue weighted by Gasteiger charge is -2.02. The lowest BCUT2D eigenvalue weighted by atomic mass is 10.1. The molecule has 2 rings (SSSR count). The fourth-order valence-electron chi connectivity index (χ4n) is 1.60. The number of ketones is 1. The molecule has 0 aliphatic rings. The molecular weight excluding hydrogens is 250 g/mol. The smallest absolute Gasteiger partial charge is 0.223 e. The van der Waals surface area contributed by atoms with Gasteiger partial charge in [0.25, 0.3) is 0 Å². The number of hydrazone groups is 1. The van der Waals surface area contributed by atoms with Gasteiger partial charge >= 0.3 is 0 Å². The maximum absolute atomic E-state index is 12.1. The van der Waals surface area contributed by atoms with Gasteiger partial charge < -0.3 is 0 Å². The van der Waals surface area contributed by atoms with Crippen LogP contribution in [-0.2, 0) is 0 Å². The lowest BCUT2D eigenvalue weighted by molar-refractivity contribution is 0.106. The van der Waals surface area contributed by atoms with Crippen LogP contribution in [0.5, 0.6) is 0 Å².